The number of carbonyl (C=O) groups is 1. The van der Waals surface area contributed by atoms with Gasteiger partial charge in [-0.1, -0.05) is 29.8 Å². The van der Waals surface area contributed by atoms with Crippen molar-refractivity contribution in [2.24, 2.45) is 0 Å². The van der Waals surface area contributed by atoms with Gasteiger partial charge in [-0.25, -0.2) is 4.79 Å². The van der Waals surface area contributed by atoms with E-state index in [1.807, 2.05) is 4.90 Å². The van der Waals surface area contributed by atoms with E-state index in [9.17, 15) is 14.4 Å². The second kappa shape index (κ2) is 9.84. The third-order valence-electron chi connectivity index (χ3n) is 5.36. The van der Waals surface area contributed by atoms with E-state index in [4.69, 9.17) is 10.5 Å². The standard InChI is InChI=1S/C21H29N5O4/c1-15-4-3-5-16(12-15)13-24-6-8-25(9-7-24)14-17(27)18-19(22)26(10-11-30-2)21(29)23-20(18)28/h3-5,12H,6-11,13-14,22H2,1-2H3,(H,23,28,29). The van der Waals surface area contributed by atoms with Gasteiger partial charge in [0.1, 0.15) is 11.4 Å². The van der Waals surface area contributed by atoms with Crippen molar-refractivity contribution in [2.45, 2.75) is 20.0 Å². The molecule has 1 saturated heterocycles. The fourth-order valence-corrected chi connectivity index (χ4v) is 3.72. The van der Waals surface area contributed by atoms with Crippen molar-refractivity contribution < 1.29 is 9.53 Å². The molecule has 9 nitrogen and oxygen atoms in total. The number of hydrogen-bond acceptors (Lipinski definition) is 7. The first kappa shape index (κ1) is 21.9. The van der Waals surface area contributed by atoms with Crippen LogP contribution in [0.3, 0.4) is 0 Å². The molecule has 0 saturated carbocycles. The molecule has 0 spiro atoms. The Morgan fingerprint density at radius 3 is 2.53 bits per heavy atom. The van der Waals surface area contributed by atoms with Gasteiger partial charge in [0.15, 0.2) is 5.78 Å². The molecule has 1 aliphatic heterocycles. The highest BCUT2D eigenvalue weighted by atomic mass is 16.5. The Balaban J connectivity index is 1.62. The molecular formula is C21H29N5O4. The van der Waals surface area contributed by atoms with Gasteiger partial charge in [-0.05, 0) is 12.5 Å². The maximum absolute atomic E-state index is 12.8. The molecule has 0 atom stereocenters. The second-order valence-corrected chi connectivity index (χ2v) is 7.63. The number of Topliss-reactive ketones (excluding diaryl/α,β-unsaturated/α-hetero) is 1. The summed E-state index contributed by atoms with van der Waals surface area (Å²) in [6, 6.07) is 8.45. The van der Waals surface area contributed by atoms with Gasteiger partial charge in [0, 0.05) is 39.8 Å². The molecule has 1 fully saturated rings. The summed E-state index contributed by atoms with van der Waals surface area (Å²) >= 11 is 0. The van der Waals surface area contributed by atoms with Gasteiger partial charge in [0.05, 0.1) is 19.7 Å². The van der Waals surface area contributed by atoms with Gasteiger partial charge in [-0.15, -0.1) is 0 Å². The lowest BCUT2D eigenvalue weighted by molar-refractivity contribution is 0.0842. The SMILES string of the molecule is COCCn1c(N)c(C(=O)CN2CCN(Cc3cccc(C)c3)CC2)c(=O)[nH]c1=O. The van der Waals surface area contributed by atoms with Gasteiger partial charge >= 0.3 is 5.69 Å². The Bertz CT molecular complexity index is 1010. The maximum Gasteiger partial charge on any atom is 0.330 e. The number of ketones is 1. The molecule has 0 radical (unpaired) electrons. The largest absolute Gasteiger partial charge is 0.384 e. The first-order chi connectivity index (χ1) is 14.4. The van der Waals surface area contributed by atoms with Gasteiger partial charge in [0.25, 0.3) is 5.56 Å². The van der Waals surface area contributed by atoms with E-state index in [-0.39, 0.29) is 36.9 Å². The number of anilines is 1. The molecule has 3 rings (SSSR count). The topological polar surface area (TPSA) is 114 Å². The van der Waals surface area contributed by atoms with Crippen LogP contribution >= 0.6 is 0 Å². The number of ether oxygens (including phenoxy) is 1. The van der Waals surface area contributed by atoms with E-state index in [0.717, 1.165) is 37.3 Å². The van der Waals surface area contributed by atoms with E-state index in [1.165, 1.54) is 18.2 Å². The van der Waals surface area contributed by atoms with Crippen LogP contribution in [0.4, 0.5) is 5.82 Å². The summed E-state index contributed by atoms with van der Waals surface area (Å²) in [6.07, 6.45) is 0. The predicted octanol–water partition coefficient (Wildman–Crippen LogP) is 0.0741. The van der Waals surface area contributed by atoms with Crippen LogP contribution in [0.15, 0.2) is 33.9 Å². The molecule has 1 aromatic carbocycles. The number of H-pyrrole nitrogens is 1. The Morgan fingerprint density at radius 2 is 1.87 bits per heavy atom. The lowest BCUT2D eigenvalue weighted by Gasteiger charge is -2.34. The zero-order valence-electron chi connectivity index (χ0n) is 17.5. The summed E-state index contributed by atoms with van der Waals surface area (Å²) in [5.74, 6) is -0.490. The normalized spacial score (nSPS) is 15.4. The van der Waals surface area contributed by atoms with Crippen LogP contribution in [-0.2, 0) is 17.8 Å². The number of hydrogen-bond donors (Lipinski definition) is 2. The van der Waals surface area contributed by atoms with E-state index in [2.05, 4.69) is 41.1 Å². The smallest absolute Gasteiger partial charge is 0.330 e. The van der Waals surface area contributed by atoms with Crippen LogP contribution in [0.1, 0.15) is 21.5 Å². The van der Waals surface area contributed by atoms with Gasteiger partial charge < -0.3 is 10.5 Å². The summed E-state index contributed by atoms with van der Waals surface area (Å²) in [5.41, 5.74) is 6.97. The van der Waals surface area contributed by atoms with Crippen molar-refractivity contribution in [3.8, 4) is 0 Å². The molecular weight excluding hydrogens is 386 g/mol. The van der Waals surface area contributed by atoms with Gasteiger partial charge in [-0.3, -0.25) is 28.9 Å². The molecule has 30 heavy (non-hydrogen) atoms. The summed E-state index contributed by atoms with van der Waals surface area (Å²) in [5, 5.41) is 0. The minimum atomic E-state index is -0.741. The molecule has 9 heteroatoms. The van der Waals surface area contributed by atoms with Gasteiger partial charge in [-0.2, -0.15) is 0 Å². The average molecular weight is 415 g/mol. The number of nitrogen functional groups attached to an aromatic ring is 1. The first-order valence-corrected chi connectivity index (χ1v) is 10.0. The fraction of sp³-hybridized carbons (Fsp3) is 0.476. The highest BCUT2D eigenvalue weighted by molar-refractivity contribution is 6.01. The van der Waals surface area contributed by atoms with Crippen molar-refractivity contribution in [1.82, 2.24) is 19.4 Å². The number of nitrogens with zero attached hydrogens (tertiary/aromatic N) is 3. The van der Waals surface area contributed by atoms with E-state index < -0.39 is 11.2 Å². The van der Waals surface area contributed by atoms with Gasteiger partial charge in [0.2, 0.25) is 0 Å². The molecule has 1 aliphatic rings. The first-order valence-electron chi connectivity index (χ1n) is 10.0. The summed E-state index contributed by atoms with van der Waals surface area (Å²) in [4.78, 5) is 43.6. The Hall–Kier alpha value is -2.75. The third-order valence-corrected chi connectivity index (χ3v) is 5.36. The molecule has 0 unspecified atom stereocenters. The highest BCUT2D eigenvalue weighted by Gasteiger charge is 2.24. The Labute approximate surface area is 175 Å². The van der Waals surface area contributed by atoms with Crippen molar-refractivity contribution >= 4 is 11.6 Å². The summed E-state index contributed by atoms with van der Waals surface area (Å²) in [6.45, 7) is 6.56. The summed E-state index contributed by atoms with van der Waals surface area (Å²) < 4.78 is 6.13. The average Bonchev–Trinajstić information content (AvgIpc) is 2.69. The van der Waals surface area contributed by atoms with Crippen molar-refractivity contribution in [2.75, 3.05) is 52.2 Å². The molecule has 3 N–H and O–H groups in total. The number of carbonyl (C=O) groups excluding carboxylic acids is 1. The van der Waals surface area contributed by atoms with Crippen LogP contribution in [0, 0.1) is 6.92 Å². The number of aryl methyl sites for hydroxylation is 1. The van der Waals surface area contributed by atoms with Crippen molar-refractivity contribution in [3.05, 3.63) is 61.8 Å². The molecule has 0 bridgehead atoms. The highest BCUT2D eigenvalue weighted by Crippen LogP contribution is 2.12. The second-order valence-electron chi connectivity index (χ2n) is 7.63. The molecule has 0 aliphatic carbocycles. The number of rotatable bonds is 8. The number of aromatic nitrogens is 2. The molecule has 0 amide bonds. The van der Waals surface area contributed by atoms with Crippen LogP contribution in [0.25, 0.3) is 0 Å². The predicted molar refractivity (Wildman–Crippen MR) is 115 cm³/mol. The molecule has 2 heterocycles. The monoisotopic (exact) mass is 415 g/mol. The summed E-state index contributed by atoms with van der Waals surface area (Å²) in [7, 11) is 1.50. The number of aromatic amines is 1. The number of methoxy groups -OCH3 is 1. The van der Waals surface area contributed by atoms with E-state index >= 15 is 0 Å². The van der Waals surface area contributed by atoms with Crippen LogP contribution < -0.4 is 17.0 Å². The minimum absolute atomic E-state index is 0.0913. The van der Waals surface area contributed by atoms with Crippen LogP contribution in [0.5, 0.6) is 0 Å². The number of nitrogens with one attached hydrogen (secondary N) is 1. The number of nitrogens with two attached hydrogens (primary N) is 1. The Kier molecular flexibility index (Phi) is 7.20. The van der Waals surface area contributed by atoms with Crippen LogP contribution in [0.2, 0.25) is 0 Å². The van der Waals surface area contributed by atoms with Crippen LogP contribution in [-0.4, -0.2) is 71.6 Å². The molecule has 1 aromatic heterocycles. The Morgan fingerprint density at radius 1 is 1.17 bits per heavy atom. The number of piperazine rings is 1. The quantitative estimate of drug-likeness (QED) is 0.587. The fourth-order valence-electron chi connectivity index (χ4n) is 3.72. The molecule has 2 aromatic rings. The van der Waals surface area contributed by atoms with Crippen molar-refractivity contribution in [3.63, 3.8) is 0 Å². The maximum atomic E-state index is 12.8. The van der Waals surface area contributed by atoms with Crippen molar-refractivity contribution in [1.29, 1.82) is 0 Å². The minimum Gasteiger partial charge on any atom is -0.384 e. The zero-order valence-corrected chi connectivity index (χ0v) is 17.5. The van der Waals surface area contributed by atoms with E-state index in [1.54, 1.807) is 0 Å². The zero-order chi connectivity index (χ0) is 21.7. The third kappa shape index (κ3) is 5.24. The lowest BCUT2D eigenvalue weighted by Crippen LogP contribution is -2.48. The number of benzene rings is 1. The lowest BCUT2D eigenvalue weighted by atomic mass is 10.1. The molecule has 162 valence electrons. The van der Waals surface area contributed by atoms with E-state index in [0.29, 0.717) is 0 Å².